The Kier molecular flexibility index (Phi) is 3.85. The van der Waals surface area contributed by atoms with Gasteiger partial charge in [0.15, 0.2) is 0 Å². The van der Waals surface area contributed by atoms with Gasteiger partial charge in [0.2, 0.25) is 0 Å². The summed E-state index contributed by atoms with van der Waals surface area (Å²) in [6.07, 6.45) is -0.541. The van der Waals surface area contributed by atoms with Crippen molar-refractivity contribution < 1.29 is 9.53 Å². The van der Waals surface area contributed by atoms with E-state index in [0.717, 1.165) is 5.56 Å². The summed E-state index contributed by atoms with van der Waals surface area (Å²) in [5, 5.41) is 3.16. The van der Waals surface area contributed by atoms with Crippen molar-refractivity contribution in [2.75, 3.05) is 5.32 Å². The smallest absolute Gasteiger partial charge is 0.410 e. The molecule has 0 saturated heterocycles. The number of ether oxygens (including phenoxy) is 1. The summed E-state index contributed by atoms with van der Waals surface area (Å²) in [5.41, 5.74) is 1.71. The molecule has 0 atom stereocenters. The number of hydrogen-bond donors (Lipinski definition) is 1. The lowest BCUT2D eigenvalue weighted by Gasteiger charge is -2.06. The molecule has 0 aliphatic rings. The zero-order chi connectivity index (χ0) is 13.0. The highest BCUT2D eigenvalue weighted by atomic mass is 35.5. The molecular weight excluding hydrogens is 250 g/mol. The Morgan fingerprint density at radius 3 is 2.56 bits per heavy atom. The van der Waals surface area contributed by atoms with Gasteiger partial charge in [-0.25, -0.2) is 4.79 Å². The number of anilines is 1. The van der Waals surface area contributed by atoms with Gasteiger partial charge in [0, 0.05) is 10.7 Å². The zero-order valence-electron chi connectivity index (χ0n) is 9.81. The fourth-order valence-electron chi connectivity index (χ4n) is 1.42. The maximum absolute atomic E-state index is 11.6. The molecule has 1 amide bonds. The first-order valence-electron chi connectivity index (χ1n) is 5.44. The predicted octanol–water partition coefficient (Wildman–Crippen LogP) is 4.26. The number of amides is 1. The average Bonchev–Trinajstić information content (AvgIpc) is 2.32. The third kappa shape index (κ3) is 3.50. The van der Waals surface area contributed by atoms with Crippen molar-refractivity contribution >= 4 is 23.4 Å². The number of carbonyl (C=O) groups excluding carboxylic acids is 1. The van der Waals surface area contributed by atoms with Crippen LogP contribution in [0.5, 0.6) is 5.75 Å². The average molecular weight is 262 g/mol. The Balaban J connectivity index is 1.98. The molecule has 2 aromatic carbocycles. The third-order valence-electron chi connectivity index (χ3n) is 2.30. The Bertz CT molecular complexity index is 552. The number of hydrogen-bond acceptors (Lipinski definition) is 2. The standard InChI is InChI=1S/C14H12ClNO2/c1-10-5-7-13(8-6-10)18-14(17)16-12-4-2-3-11(15)9-12/h2-9H,1H3,(H,16,17). The molecule has 0 heterocycles. The third-order valence-corrected chi connectivity index (χ3v) is 2.54. The largest absolute Gasteiger partial charge is 0.417 e. The van der Waals surface area contributed by atoms with Crippen LogP contribution < -0.4 is 10.1 Å². The van der Waals surface area contributed by atoms with Crippen molar-refractivity contribution in [3.8, 4) is 5.75 Å². The first-order valence-corrected chi connectivity index (χ1v) is 5.82. The van der Waals surface area contributed by atoms with Gasteiger partial charge in [0.1, 0.15) is 5.75 Å². The molecule has 3 nitrogen and oxygen atoms in total. The highest BCUT2D eigenvalue weighted by Gasteiger charge is 2.04. The van der Waals surface area contributed by atoms with E-state index in [1.54, 1.807) is 36.4 Å². The highest BCUT2D eigenvalue weighted by molar-refractivity contribution is 6.30. The number of carbonyl (C=O) groups is 1. The van der Waals surface area contributed by atoms with Crippen LogP contribution in [-0.4, -0.2) is 6.09 Å². The van der Waals surface area contributed by atoms with E-state index in [4.69, 9.17) is 16.3 Å². The van der Waals surface area contributed by atoms with Crippen LogP contribution in [0.2, 0.25) is 5.02 Å². The Hall–Kier alpha value is -2.00. The van der Waals surface area contributed by atoms with Crippen molar-refractivity contribution in [2.45, 2.75) is 6.92 Å². The second-order valence-electron chi connectivity index (χ2n) is 3.84. The minimum absolute atomic E-state index is 0.500. The number of benzene rings is 2. The van der Waals surface area contributed by atoms with Gasteiger partial charge < -0.3 is 4.74 Å². The molecule has 0 aliphatic carbocycles. The summed E-state index contributed by atoms with van der Waals surface area (Å²) in [5.74, 6) is 0.500. The molecule has 0 spiro atoms. The van der Waals surface area contributed by atoms with Crippen LogP contribution in [0.4, 0.5) is 10.5 Å². The minimum Gasteiger partial charge on any atom is -0.410 e. The molecule has 0 fully saturated rings. The summed E-state index contributed by atoms with van der Waals surface area (Å²) in [6.45, 7) is 1.97. The number of rotatable bonds is 2. The summed E-state index contributed by atoms with van der Waals surface area (Å²) in [4.78, 5) is 11.6. The monoisotopic (exact) mass is 261 g/mol. The fraction of sp³-hybridized carbons (Fsp3) is 0.0714. The van der Waals surface area contributed by atoms with E-state index in [-0.39, 0.29) is 0 Å². The van der Waals surface area contributed by atoms with E-state index in [1.807, 2.05) is 19.1 Å². The Labute approximate surface area is 110 Å². The summed E-state index contributed by atoms with van der Waals surface area (Å²) >= 11 is 5.81. The molecule has 0 saturated carbocycles. The van der Waals surface area contributed by atoms with Crippen LogP contribution in [0, 0.1) is 6.92 Å². The van der Waals surface area contributed by atoms with Crippen molar-refractivity contribution in [3.63, 3.8) is 0 Å². The second-order valence-corrected chi connectivity index (χ2v) is 4.27. The lowest BCUT2D eigenvalue weighted by atomic mass is 10.2. The van der Waals surface area contributed by atoms with Crippen LogP contribution in [0.15, 0.2) is 48.5 Å². The SMILES string of the molecule is Cc1ccc(OC(=O)Nc2cccc(Cl)c2)cc1. The zero-order valence-corrected chi connectivity index (χ0v) is 10.6. The first kappa shape index (κ1) is 12.5. The van der Waals surface area contributed by atoms with Gasteiger partial charge in [-0.15, -0.1) is 0 Å². The normalized spacial score (nSPS) is 9.89. The predicted molar refractivity (Wildman–Crippen MR) is 72.3 cm³/mol. The molecular formula is C14H12ClNO2. The van der Waals surface area contributed by atoms with Gasteiger partial charge in [0.25, 0.3) is 0 Å². The topological polar surface area (TPSA) is 38.3 Å². The van der Waals surface area contributed by atoms with E-state index in [0.29, 0.717) is 16.5 Å². The molecule has 0 unspecified atom stereocenters. The Morgan fingerprint density at radius 2 is 1.89 bits per heavy atom. The second kappa shape index (κ2) is 5.56. The number of aryl methyl sites for hydroxylation is 1. The van der Waals surface area contributed by atoms with Crippen molar-refractivity contribution in [1.29, 1.82) is 0 Å². The van der Waals surface area contributed by atoms with Crippen LogP contribution in [0.25, 0.3) is 0 Å². The maximum atomic E-state index is 11.6. The number of halogens is 1. The molecule has 4 heteroatoms. The summed E-state index contributed by atoms with van der Waals surface area (Å²) < 4.78 is 5.12. The van der Waals surface area contributed by atoms with Gasteiger partial charge in [-0.3, -0.25) is 5.32 Å². The lowest BCUT2D eigenvalue weighted by molar-refractivity contribution is 0.215. The number of nitrogens with one attached hydrogen (secondary N) is 1. The van der Waals surface area contributed by atoms with Crippen LogP contribution in [0.3, 0.4) is 0 Å². The molecule has 2 rings (SSSR count). The first-order chi connectivity index (χ1) is 8.63. The Morgan fingerprint density at radius 1 is 1.17 bits per heavy atom. The molecule has 18 heavy (non-hydrogen) atoms. The van der Waals surface area contributed by atoms with Crippen molar-refractivity contribution in [1.82, 2.24) is 0 Å². The molecule has 2 aromatic rings. The van der Waals surface area contributed by atoms with Gasteiger partial charge in [-0.2, -0.15) is 0 Å². The summed E-state index contributed by atoms with van der Waals surface area (Å²) in [7, 11) is 0. The van der Waals surface area contributed by atoms with Gasteiger partial charge >= 0.3 is 6.09 Å². The highest BCUT2D eigenvalue weighted by Crippen LogP contribution is 2.16. The van der Waals surface area contributed by atoms with Crippen molar-refractivity contribution in [3.05, 3.63) is 59.1 Å². The van der Waals surface area contributed by atoms with Gasteiger partial charge in [-0.1, -0.05) is 35.4 Å². The quantitative estimate of drug-likeness (QED) is 0.877. The van der Waals surface area contributed by atoms with Crippen LogP contribution in [0.1, 0.15) is 5.56 Å². The molecule has 0 bridgehead atoms. The van der Waals surface area contributed by atoms with E-state index < -0.39 is 6.09 Å². The van der Waals surface area contributed by atoms with Crippen molar-refractivity contribution in [2.24, 2.45) is 0 Å². The molecule has 1 N–H and O–H groups in total. The van der Waals surface area contributed by atoms with E-state index in [9.17, 15) is 4.79 Å². The molecule has 0 aliphatic heterocycles. The maximum Gasteiger partial charge on any atom is 0.417 e. The molecule has 0 radical (unpaired) electrons. The molecule has 92 valence electrons. The summed E-state index contributed by atoms with van der Waals surface area (Å²) in [6, 6.07) is 14.1. The van der Waals surface area contributed by atoms with Gasteiger partial charge in [-0.05, 0) is 37.3 Å². The van der Waals surface area contributed by atoms with Crippen LogP contribution >= 0.6 is 11.6 Å². The van der Waals surface area contributed by atoms with Gasteiger partial charge in [0.05, 0.1) is 0 Å². The molecule has 0 aromatic heterocycles. The minimum atomic E-state index is -0.541. The van der Waals surface area contributed by atoms with Crippen LogP contribution in [-0.2, 0) is 0 Å². The fourth-order valence-corrected chi connectivity index (χ4v) is 1.61. The van der Waals surface area contributed by atoms with E-state index in [1.165, 1.54) is 0 Å². The lowest BCUT2D eigenvalue weighted by Crippen LogP contribution is -2.16. The van der Waals surface area contributed by atoms with E-state index >= 15 is 0 Å². The van der Waals surface area contributed by atoms with E-state index in [2.05, 4.69) is 5.32 Å².